The van der Waals surface area contributed by atoms with Crippen molar-refractivity contribution in [2.45, 2.75) is 69.6 Å². The number of piperazine rings is 1. The van der Waals surface area contributed by atoms with Crippen LogP contribution in [-0.2, 0) is 11.2 Å². The summed E-state index contributed by atoms with van der Waals surface area (Å²) in [6.07, 6.45) is 5.41. The molecule has 1 aromatic heterocycles. The maximum absolute atomic E-state index is 16.8. The van der Waals surface area contributed by atoms with Crippen molar-refractivity contribution in [2.75, 3.05) is 44.4 Å². The summed E-state index contributed by atoms with van der Waals surface area (Å²) in [5.74, 6) is -1.94. The molecule has 4 saturated heterocycles. The van der Waals surface area contributed by atoms with E-state index in [-0.39, 0.29) is 45.9 Å². The molecule has 4 aliphatic rings. The maximum Gasteiger partial charge on any atom is 0.319 e. The van der Waals surface area contributed by atoms with E-state index in [2.05, 4.69) is 20.1 Å². The van der Waals surface area contributed by atoms with Gasteiger partial charge in [-0.1, -0.05) is 13.0 Å². The van der Waals surface area contributed by atoms with Gasteiger partial charge in [-0.05, 0) is 84.7 Å². The molecule has 11 heteroatoms. The van der Waals surface area contributed by atoms with Crippen molar-refractivity contribution in [3.8, 4) is 22.9 Å². The Morgan fingerprint density at radius 3 is 2.48 bits per heavy atom. The molecule has 0 radical (unpaired) electrons. The minimum atomic E-state index is -0.898. The first kappa shape index (κ1) is 29.7. The van der Waals surface area contributed by atoms with E-state index in [0.717, 1.165) is 51.9 Å². The third kappa shape index (κ3) is 5.12. The van der Waals surface area contributed by atoms with Crippen molar-refractivity contribution in [3.63, 3.8) is 0 Å². The minimum absolute atomic E-state index is 0.0378. The second-order valence-electron chi connectivity index (χ2n) is 13.1. The lowest BCUT2D eigenvalue weighted by atomic mass is 9.91. The average Bonchev–Trinajstić information content (AvgIpc) is 3.49. The molecule has 4 aromatic rings. The van der Waals surface area contributed by atoms with Gasteiger partial charge in [-0.2, -0.15) is 9.97 Å². The lowest BCUT2D eigenvalue weighted by Crippen LogP contribution is -2.51. The highest BCUT2D eigenvalue weighted by Crippen LogP contribution is 2.42. The Morgan fingerprint density at radius 1 is 0.978 bits per heavy atom. The summed E-state index contributed by atoms with van der Waals surface area (Å²) in [7, 11) is 0. The van der Waals surface area contributed by atoms with E-state index in [9.17, 15) is 9.50 Å². The number of hydrogen-bond donors (Lipinski definition) is 2. The number of fused-ring (bicyclic) bond motifs is 6. The first-order chi connectivity index (χ1) is 22.4. The fraction of sp³-hybridized carbons (Fsp3) is 0.486. The van der Waals surface area contributed by atoms with Crippen LogP contribution in [0.1, 0.15) is 44.6 Å². The van der Waals surface area contributed by atoms with Crippen LogP contribution < -0.4 is 15.0 Å². The number of aromatic nitrogens is 2. The van der Waals surface area contributed by atoms with Gasteiger partial charge in [0.15, 0.2) is 5.82 Å². The van der Waals surface area contributed by atoms with Gasteiger partial charge in [0.05, 0.1) is 25.4 Å². The zero-order valence-corrected chi connectivity index (χ0v) is 25.9. The van der Waals surface area contributed by atoms with Gasteiger partial charge in [0.25, 0.3) is 0 Å². The number of halogens is 3. The Morgan fingerprint density at radius 2 is 1.74 bits per heavy atom. The van der Waals surface area contributed by atoms with Gasteiger partial charge >= 0.3 is 6.01 Å². The number of phenols is 1. The van der Waals surface area contributed by atoms with E-state index in [1.54, 1.807) is 6.92 Å². The van der Waals surface area contributed by atoms with Crippen LogP contribution in [0.15, 0.2) is 30.3 Å². The van der Waals surface area contributed by atoms with Gasteiger partial charge in [0.2, 0.25) is 0 Å². The van der Waals surface area contributed by atoms with E-state index in [1.165, 1.54) is 30.3 Å². The molecule has 4 bridgehead atoms. The normalized spacial score (nSPS) is 24.4. The van der Waals surface area contributed by atoms with E-state index >= 15 is 8.78 Å². The van der Waals surface area contributed by atoms with Crippen molar-refractivity contribution in [1.29, 1.82) is 0 Å². The van der Waals surface area contributed by atoms with Crippen LogP contribution in [0.25, 0.3) is 32.8 Å². The molecule has 4 aliphatic heterocycles. The SMILES string of the molecule is CCc1c(F)ccc2cc(O)cc(-c3c(F)cc4c(N5CC6CCC(C5)N6)nc(OCCCN5C6CC[C@H]5COC6)nc4c3F)c12. The van der Waals surface area contributed by atoms with Crippen molar-refractivity contribution < 1.29 is 27.8 Å². The number of benzene rings is 3. The molecule has 3 unspecified atom stereocenters. The van der Waals surface area contributed by atoms with Gasteiger partial charge in [0.1, 0.15) is 28.7 Å². The van der Waals surface area contributed by atoms with Gasteiger partial charge in [-0.15, -0.1) is 0 Å². The zero-order chi connectivity index (χ0) is 31.5. The molecule has 2 N–H and O–H groups in total. The molecular weight excluding hydrogens is 595 g/mol. The van der Waals surface area contributed by atoms with Crippen molar-refractivity contribution >= 4 is 27.5 Å². The molecule has 242 valence electrons. The summed E-state index contributed by atoms with van der Waals surface area (Å²) in [6, 6.07) is 8.33. The molecule has 8 nitrogen and oxygen atoms in total. The van der Waals surface area contributed by atoms with Crippen molar-refractivity contribution in [1.82, 2.24) is 20.2 Å². The van der Waals surface area contributed by atoms with Gasteiger partial charge in [-0.3, -0.25) is 4.90 Å². The lowest BCUT2D eigenvalue weighted by molar-refractivity contribution is -0.0161. The fourth-order valence-corrected chi connectivity index (χ4v) is 8.21. The number of phenolic OH excluding ortho intramolecular Hbond substituents is 1. The van der Waals surface area contributed by atoms with Crippen LogP contribution in [0.5, 0.6) is 11.8 Å². The van der Waals surface area contributed by atoms with Crippen molar-refractivity contribution in [2.24, 2.45) is 0 Å². The molecule has 4 fully saturated rings. The van der Waals surface area contributed by atoms with Crippen LogP contribution in [0.4, 0.5) is 19.0 Å². The Hall–Kier alpha value is -3.67. The predicted molar refractivity (Wildman–Crippen MR) is 170 cm³/mol. The summed E-state index contributed by atoms with van der Waals surface area (Å²) in [5, 5.41) is 15.3. The second kappa shape index (κ2) is 11.8. The summed E-state index contributed by atoms with van der Waals surface area (Å²) >= 11 is 0. The minimum Gasteiger partial charge on any atom is -0.508 e. The summed E-state index contributed by atoms with van der Waals surface area (Å²) < 4.78 is 59.8. The molecule has 4 atom stereocenters. The second-order valence-corrected chi connectivity index (χ2v) is 13.1. The molecule has 8 rings (SSSR count). The third-order valence-electron chi connectivity index (χ3n) is 10.3. The summed E-state index contributed by atoms with van der Waals surface area (Å²) in [5.41, 5.74) is -0.0399. The predicted octanol–water partition coefficient (Wildman–Crippen LogP) is 5.71. The smallest absolute Gasteiger partial charge is 0.319 e. The number of nitrogens with one attached hydrogen (secondary N) is 1. The molecule has 0 amide bonds. The number of nitrogens with zero attached hydrogens (tertiary/aromatic N) is 4. The number of anilines is 1. The van der Waals surface area contributed by atoms with Gasteiger partial charge in [0, 0.05) is 49.2 Å². The van der Waals surface area contributed by atoms with Crippen LogP contribution >= 0.6 is 0 Å². The highest BCUT2D eigenvalue weighted by molar-refractivity contribution is 6.03. The number of rotatable bonds is 8. The first-order valence-corrected chi connectivity index (χ1v) is 16.5. The summed E-state index contributed by atoms with van der Waals surface area (Å²) in [6.45, 7) is 5.84. The van der Waals surface area contributed by atoms with E-state index in [1.807, 2.05) is 0 Å². The molecule has 46 heavy (non-hydrogen) atoms. The Labute approximate surface area is 265 Å². The monoisotopic (exact) mass is 633 g/mol. The molecule has 0 saturated carbocycles. The van der Waals surface area contributed by atoms with Gasteiger partial charge in [-0.25, -0.2) is 13.2 Å². The van der Waals surface area contributed by atoms with Gasteiger partial charge < -0.3 is 24.8 Å². The number of hydrogen-bond acceptors (Lipinski definition) is 8. The number of aryl methyl sites for hydroxylation is 1. The largest absolute Gasteiger partial charge is 0.508 e. The number of morpholine rings is 1. The van der Waals surface area contributed by atoms with E-state index in [4.69, 9.17) is 14.5 Å². The molecule has 3 aromatic carbocycles. The number of aromatic hydroxyl groups is 1. The van der Waals surface area contributed by atoms with Crippen LogP contribution in [0.2, 0.25) is 0 Å². The van der Waals surface area contributed by atoms with Crippen LogP contribution in [-0.4, -0.2) is 83.6 Å². The summed E-state index contributed by atoms with van der Waals surface area (Å²) in [4.78, 5) is 13.8. The highest BCUT2D eigenvalue weighted by atomic mass is 19.1. The first-order valence-electron chi connectivity index (χ1n) is 16.5. The fourth-order valence-electron chi connectivity index (χ4n) is 8.21. The molecule has 5 heterocycles. The zero-order valence-electron chi connectivity index (χ0n) is 25.9. The van der Waals surface area contributed by atoms with E-state index in [0.29, 0.717) is 60.4 Å². The Kier molecular flexibility index (Phi) is 7.65. The molecule has 0 aliphatic carbocycles. The quantitative estimate of drug-likeness (QED) is 0.239. The third-order valence-corrected chi connectivity index (χ3v) is 10.3. The standard InChI is InChI=1S/C35H38F3N5O3/c1-2-25-28(36)9-4-19-12-24(44)13-26(30(19)25)31-29(37)14-27-33(32(31)38)40-35(41-34(27)42-15-20-5-6-21(16-42)39-20)46-11-3-10-43-22-7-8-23(43)18-45-17-22/h4,9,12-14,20-23,39,44H,2-3,5-8,10-11,15-18H2,1H3/t20?,21?,22-,23?/m0/s1. The van der Waals surface area contributed by atoms with Crippen molar-refractivity contribution in [3.05, 3.63) is 53.3 Å². The average molecular weight is 634 g/mol. The molecule has 0 spiro atoms. The topological polar surface area (TPSA) is 83.0 Å². The van der Waals surface area contributed by atoms with Crippen LogP contribution in [0.3, 0.4) is 0 Å². The van der Waals surface area contributed by atoms with E-state index < -0.39 is 17.5 Å². The van der Waals surface area contributed by atoms with Crippen LogP contribution in [0, 0.1) is 17.5 Å². The molecular formula is C35H38F3N5O3. The Balaban J connectivity index is 1.20. The Bertz CT molecular complexity index is 1790. The lowest BCUT2D eigenvalue weighted by Gasteiger charge is -2.34. The number of ether oxygens (including phenoxy) is 2. The maximum atomic E-state index is 16.8. The highest BCUT2D eigenvalue weighted by Gasteiger charge is 2.37.